The van der Waals surface area contributed by atoms with Crippen LogP contribution < -0.4 is 5.32 Å². The van der Waals surface area contributed by atoms with Crippen LogP contribution in [-0.2, 0) is 0 Å². The van der Waals surface area contributed by atoms with Gasteiger partial charge in [0.1, 0.15) is 0 Å². The number of nitrogens with zero attached hydrogens (tertiary/aromatic N) is 1. The third-order valence-electron chi connectivity index (χ3n) is 2.80. The largest absolute Gasteiger partial charge is 0.375 e. The van der Waals surface area contributed by atoms with Gasteiger partial charge < -0.3 is 10.2 Å². The first-order chi connectivity index (χ1) is 7.65. The molecule has 0 radical (unpaired) electrons. The Kier molecular flexibility index (Phi) is 9.40. The summed E-state index contributed by atoms with van der Waals surface area (Å²) in [4.78, 5) is 2.44. The molecule has 16 heavy (non-hydrogen) atoms. The molecule has 0 heterocycles. The third-order valence-corrected chi connectivity index (χ3v) is 2.80. The highest BCUT2D eigenvalue weighted by atomic mass is 15.1. The quantitative estimate of drug-likeness (QED) is 0.575. The summed E-state index contributed by atoms with van der Waals surface area (Å²) in [7, 11) is 0. The summed E-state index contributed by atoms with van der Waals surface area (Å²) in [6, 6.07) is 0. The second-order valence-electron chi connectivity index (χ2n) is 4.68. The van der Waals surface area contributed by atoms with Crippen molar-refractivity contribution in [1.82, 2.24) is 10.2 Å². The number of rotatable bonds is 10. The van der Waals surface area contributed by atoms with Crippen LogP contribution in [0, 0.1) is 5.92 Å². The van der Waals surface area contributed by atoms with E-state index in [1.807, 2.05) is 0 Å². The topological polar surface area (TPSA) is 15.3 Å². The number of hydrogen-bond acceptors (Lipinski definition) is 2. The molecule has 2 heteroatoms. The van der Waals surface area contributed by atoms with Crippen LogP contribution in [0.1, 0.15) is 47.0 Å². The van der Waals surface area contributed by atoms with E-state index in [-0.39, 0.29) is 0 Å². The first kappa shape index (κ1) is 15.5. The predicted octanol–water partition coefficient (Wildman–Crippen LogP) is 3.26. The van der Waals surface area contributed by atoms with Crippen molar-refractivity contribution in [2.75, 3.05) is 26.2 Å². The van der Waals surface area contributed by atoms with Crippen molar-refractivity contribution in [3.8, 4) is 0 Å². The predicted molar refractivity (Wildman–Crippen MR) is 73.6 cm³/mol. The second kappa shape index (κ2) is 9.71. The van der Waals surface area contributed by atoms with E-state index in [0.717, 1.165) is 32.6 Å². The van der Waals surface area contributed by atoms with Crippen LogP contribution in [0.3, 0.4) is 0 Å². The lowest BCUT2D eigenvalue weighted by Gasteiger charge is -2.29. The number of allylic oxidation sites excluding steroid dienone is 1. The summed E-state index contributed by atoms with van der Waals surface area (Å²) in [6.07, 6.45) is 3.48. The lowest BCUT2D eigenvalue weighted by atomic mass is 10.1. The standard InChI is InChI=1S/C14H30N2/c1-6-9-15-11-13(4)12-16(10-7-2)14(5)8-3/h13,15H,5-12H2,1-4H3. The molecule has 2 nitrogen and oxygen atoms in total. The smallest absolute Gasteiger partial charge is 0.0212 e. The summed E-state index contributed by atoms with van der Waals surface area (Å²) in [5.41, 5.74) is 1.28. The van der Waals surface area contributed by atoms with E-state index in [0.29, 0.717) is 5.92 Å². The molecule has 0 saturated carbocycles. The molecule has 0 aromatic heterocycles. The molecular weight excluding hydrogens is 196 g/mol. The van der Waals surface area contributed by atoms with Gasteiger partial charge in [-0.25, -0.2) is 0 Å². The van der Waals surface area contributed by atoms with Crippen LogP contribution in [0.5, 0.6) is 0 Å². The Morgan fingerprint density at radius 2 is 1.94 bits per heavy atom. The van der Waals surface area contributed by atoms with Crippen LogP contribution in [0.25, 0.3) is 0 Å². The average molecular weight is 226 g/mol. The molecule has 1 N–H and O–H groups in total. The van der Waals surface area contributed by atoms with E-state index < -0.39 is 0 Å². The number of nitrogens with one attached hydrogen (secondary N) is 1. The van der Waals surface area contributed by atoms with Gasteiger partial charge in [-0.1, -0.05) is 34.3 Å². The molecule has 0 aliphatic heterocycles. The first-order valence-corrected chi connectivity index (χ1v) is 6.79. The Bertz CT molecular complexity index is 178. The first-order valence-electron chi connectivity index (χ1n) is 6.79. The zero-order chi connectivity index (χ0) is 12.4. The van der Waals surface area contributed by atoms with Gasteiger partial charge in [0, 0.05) is 18.8 Å². The number of hydrogen-bond donors (Lipinski definition) is 1. The van der Waals surface area contributed by atoms with Gasteiger partial charge in [-0.3, -0.25) is 0 Å². The maximum Gasteiger partial charge on any atom is 0.0212 e. The highest BCUT2D eigenvalue weighted by molar-refractivity contribution is 4.93. The van der Waals surface area contributed by atoms with Crippen LogP contribution in [0.2, 0.25) is 0 Å². The molecule has 0 bridgehead atoms. The van der Waals surface area contributed by atoms with Gasteiger partial charge >= 0.3 is 0 Å². The fourth-order valence-electron chi connectivity index (χ4n) is 1.84. The summed E-state index contributed by atoms with van der Waals surface area (Å²) in [5.74, 6) is 0.696. The average Bonchev–Trinajstić information content (AvgIpc) is 2.28. The molecule has 96 valence electrons. The molecule has 0 aliphatic rings. The summed E-state index contributed by atoms with van der Waals surface area (Å²) in [6.45, 7) is 17.6. The van der Waals surface area contributed by atoms with Crippen LogP contribution >= 0.6 is 0 Å². The molecule has 0 saturated heterocycles. The molecule has 1 atom stereocenters. The minimum atomic E-state index is 0.696. The Morgan fingerprint density at radius 3 is 2.44 bits per heavy atom. The molecule has 0 amide bonds. The van der Waals surface area contributed by atoms with Crippen molar-refractivity contribution in [2.45, 2.75) is 47.0 Å². The summed E-state index contributed by atoms with van der Waals surface area (Å²) in [5, 5.41) is 3.48. The van der Waals surface area contributed by atoms with Crippen molar-refractivity contribution in [3.63, 3.8) is 0 Å². The Balaban J connectivity index is 3.92. The molecule has 1 unspecified atom stereocenters. The normalized spacial score (nSPS) is 12.5. The van der Waals surface area contributed by atoms with Crippen molar-refractivity contribution in [3.05, 3.63) is 12.3 Å². The van der Waals surface area contributed by atoms with Gasteiger partial charge in [0.15, 0.2) is 0 Å². The van der Waals surface area contributed by atoms with Crippen molar-refractivity contribution < 1.29 is 0 Å². The van der Waals surface area contributed by atoms with E-state index in [2.05, 4.69) is 44.5 Å². The Morgan fingerprint density at radius 1 is 1.25 bits per heavy atom. The Labute approximate surface area is 102 Å². The van der Waals surface area contributed by atoms with Crippen molar-refractivity contribution in [1.29, 1.82) is 0 Å². The van der Waals surface area contributed by atoms with Crippen LogP contribution in [0.4, 0.5) is 0 Å². The molecule has 0 aliphatic carbocycles. The SMILES string of the molecule is C=C(CC)N(CCC)CC(C)CNCCC. The molecule has 0 rings (SSSR count). The third kappa shape index (κ3) is 6.89. The van der Waals surface area contributed by atoms with Gasteiger partial charge in [-0.15, -0.1) is 0 Å². The maximum absolute atomic E-state index is 4.15. The van der Waals surface area contributed by atoms with E-state index >= 15 is 0 Å². The molecule has 0 fully saturated rings. The minimum Gasteiger partial charge on any atom is -0.375 e. The van der Waals surface area contributed by atoms with Crippen molar-refractivity contribution in [2.24, 2.45) is 5.92 Å². The van der Waals surface area contributed by atoms with E-state index in [9.17, 15) is 0 Å². The monoisotopic (exact) mass is 226 g/mol. The zero-order valence-electron chi connectivity index (χ0n) is 11.7. The highest BCUT2D eigenvalue weighted by Crippen LogP contribution is 2.10. The Hall–Kier alpha value is -0.500. The molecule has 0 aromatic carbocycles. The van der Waals surface area contributed by atoms with Crippen LogP contribution in [0.15, 0.2) is 12.3 Å². The fourth-order valence-corrected chi connectivity index (χ4v) is 1.84. The summed E-state index contributed by atoms with van der Waals surface area (Å²) < 4.78 is 0. The summed E-state index contributed by atoms with van der Waals surface area (Å²) >= 11 is 0. The van der Waals surface area contributed by atoms with Gasteiger partial charge in [0.25, 0.3) is 0 Å². The van der Waals surface area contributed by atoms with Crippen molar-refractivity contribution >= 4 is 0 Å². The zero-order valence-corrected chi connectivity index (χ0v) is 11.7. The lowest BCUT2D eigenvalue weighted by Crippen LogP contribution is -2.33. The van der Waals surface area contributed by atoms with Gasteiger partial charge in [0.2, 0.25) is 0 Å². The maximum atomic E-state index is 4.15. The molecular formula is C14H30N2. The second-order valence-corrected chi connectivity index (χ2v) is 4.68. The lowest BCUT2D eigenvalue weighted by molar-refractivity contribution is 0.284. The van der Waals surface area contributed by atoms with Gasteiger partial charge in [0.05, 0.1) is 0 Å². The fraction of sp³-hybridized carbons (Fsp3) is 0.857. The van der Waals surface area contributed by atoms with Gasteiger partial charge in [-0.2, -0.15) is 0 Å². The highest BCUT2D eigenvalue weighted by Gasteiger charge is 2.09. The van der Waals surface area contributed by atoms with E-state index in [4.69, 9.17) is 0 Å². The molecule has 0 spiro atoms. The van der Waals surface area contributed by atoms with E-state index in [1.54, 1.807) is 0 Å². The molecule has 0 aromatic rings. The minimum absolute atomic E-state index is 0.696. The van der Waals surface area contributed by atoms with Gasteiger partial charge in [-0.05, 0) is 38.3 Å². The van der Waals surface area contributed by atoms with E-state index in [1.165, 1.54) is 18.5 Å². The van der Waals surface area contributed by atoms with Crippen LogP contribution in [-0.4, -0.2) is 31.1 Å².